The Kier molecular flexibility index (Phi) is 13.4. The van der Waals surface area contributed by atoms with E-state index >= 15 is 4.39 Å². The lowest BCUT2D eigenvalue weighted by atomic mass is 9.95. The van der Waals surface area contributed by atoms with E-state index in [0.29, 0.717) is 59.2 Å². The third-order valence-corrected chi connectivity index (χ3v) is 10.1. The molecule has 1 atom stereocenters. The first-order chi connectivity index (χ1) is 28.9. The molecule has 1 aliphatic heterocycles. The number of rotatable bonds is 14. The molecule has 6 rings (SSSR count). The van der Waals surface area contributed by atoms with Crippen molar-refractivity contribution in [1.82, 2.24) is 30.0 Å². The van der Waals surface area contributed by atoms with E-state index in [1.807, 2.05) is 45.9 Å². The smallest absolute Gasteiger partial charge is 0.419 e. The number of nitrogens with one attached hydrogen (secondary N) is 2. The van der Waals surface area contributed by atoms with Gasteiger partial charge in [0.1, 0.15) is 24.1 Å². The second-order valence-corrected chi connectivity index (χ2v) is 16.3. The Morgan fingerprint density at radius 1 is 0.984 bits per heavy atom. The van der Waals surface area contributed by atoms with Crippen LogP contribution in [0.25, 0.3) is 27.8 Å². The molecule has 0 aliphatic carbocycles. The summed E-state index contributed by atoms with van der Waals surface area (Å²) in [7, 11) is 0. The molecule has 0 bridgehead atoms. The normalized spacial score (nSPS) is 13.6. The van der Waals surface area contributed by atoms with Crippen LogP contribution in [0.5, 0.6) is 0 Å². The second-order valence-electron chi connectivity index (χ2n) is 16.3. The average Bonchev–Trinajstić information content (AvgIpc) is 3.84. The van der Waals surface area contributed by atoms with Crippen molar-refractivity contribution in [1.29, 1.82) is 0 Å². The lowest BCUT2D eigenvalue weighted by molar-refractivity contribution is -0.149. The molecule has 3 aromatic heterocycles. The van der Waals surface area contributed by atoms with Gasteiger partial charge in [-0.2, -0.15) is 18.3 Å². The number of hydrogen-bond donors (Lipinski definition) is 2. The number of H-pyrrole nitrogens is 1. The summed E-state index contributed by atoms with van der Waals surface area (Å²) in [5.74, 6) is -1.90. The first kappa shape index (κ1) is 44.5. The number of aromatic amines is 1. The van der Waals surface area contributed by atoms with E-state index in [4.69, 9.17) is 19.3 Å². The zero-order valence-corrected chi connectivity index (χ0v) is 35.3. The Labute approximate surface area is 351 Å². The molecule has 1 aliphatic rings. The molecule has 1 amide bonds. The van der Waals surface area contributed by atoms with Crippen molar-refractivity contribution in [3.63, 3.8) is 0 Å². The Balaban J connectivity index is 1.32. The molecule has 4 heterocycles. The van der Waals surface area contributed by atoms with E-state index in [2.05, 4.69) is 20.3 Å². The highest BCUT2D eigenvalue weighted by Crippen LogP contribution is 2.41. The van der Waals surface area contributed by atoms with Gasteiger partial charge in [-0.25, -0.2) is 28.6 Å². The van der Waals surface area contributed by atoms with E-state index in [1.165, 1.54) is 6.07 Å². The summed E-state index contributed by atoms with van der Waals surface area (Å²) in [5, 5.41) is 8.07. The number of carbonyl (C=O) groups excluding carboxylic acids is 3. The van der Waals surface area contributed by atoms with Crippen molar-refractivity contribution in [3.8, 4) is 16.9 Å². The summed E-state index contributed by atoms with van der Waals surface area (Å²) in [6, 6.07) is 7.83. The highest BCUT2D eigenvalue weighted by Gasteiger charge is 2.34. The largest absolute Gasteiger partial charge is 0.464 e. The molecule has 61 heavy (non-hydrogen) atoms. The minimum absolute atomic E-state index is 0.0386. The van der Waals surface area contributed by atoms with E-state index in [1.54, 1.807) is 42.6 Å². The Bertz CT molecular complexity index is 2360. The van der Waals surface area contributed by atoms with Crippen molar-refractivity contribution < 1.29 is 46.2 Å². The van der Waals surface area contributed by atoms with Crippen LogP contribution in [0.15, 0.2) is 48.9 Å². The fourth-order valence-electron chi connectivity index (χ4n) is 7.25. The highest BCUT2D eigenvalue weighted by molar-refractivity contribution is 5.98. The molecular weight excluding hydrogens is 799 g/mol. The SMILES string of the molecule is CCc1cccc(CC)c1-n1nc2c(c1-c1c(F)cc(COC(=O)CC[C@H](NC(=O)OC(C)(C)C)C(=O)OCC(C)C)c3[nH]ccc13)CN(c1ncc(C(F)(F)F)cn1)CC2. The van der Waals surface area contributed by atoms with Gasteiger partial charge in [0.25, 0.3) is 0 Å². The summed E-state index contributed by atoms with van der Waals surface area (Å²) in [6.07, 6.45) is -0.954. The number of hydrogen-bond acceptors (Lipinski definition) is 10. The Hall–Kier alpha value is -6.00. The van der Waals surface area contributed by atoms with Gasteiger partial charge >= 0.3 is 24.2 Å². The molecule has 2 N–H and O–H groups in total. The van der Waals surface area contributed by atoms with Crippen LogP contribution in [0.2, 0.25) is 0 Å². The number of benzene rings is 2. The van der Waals surface area contributed by atoms with Crippen LogP contribution in [0, 0.1) is 11.7 Å². The van der Waals surface area contributed by atoms with Crippen LogP contribution in [-0.4, -0.2) is 67.6 Å². The summed E-state index contributed by atoms with van der Waals surface area (Å²) in [4.78, 5) is 51.6. The first-order valence-corrected chi connectivity index (χ1v) is 20.3. The lowest BCUT2D eigenvalue weighted by Crippen LogP contribution is -2.44. The Morgan fingerprint density at radius 3 is 2.30 bits per heavy atom. The summed E-state index contributed by atoms with van der Waals surface area (Å²) in [5.41, 5.74) is 3.96. The van der Waals surface area contributed by atoms with E-state index < -0.39 is 47.2 Å². The van der Waals surface area contributed by atoms with Crippen molar-refractivity contribution in [2.75, 3.05) is 18.1 Å². The number of halogens is 4. The van der Waals surface area contributed by atoms with Gasteiger partial charge in [-0.15, -0.1) is 0 Å². The fourth-order valence-corrected chi connectivity index (χ4v) is 7.25. The number of amides is 1. The van der Waals surface area contributed by atoms with Crippen molar-refractivity contribution in [2.45, 2.75) is 112 Å². The van der Waals surface area contributed by atoms with Crippen LogP contribution in [0.1, 0.15) is 94.8 Å². The average molecular weight is 850 g/mol. The molecule has 13 nitrogen and oxygen atoms in total. The molecule has 0 saturated heterocycles. The number of ether oxygens (including phenoxy) is 3. The summed E-state index contributed by atoms with van der Waals surface area (Å²) in [6.45, 7) is 13.1. The maximum atomic E-state index is 17.0. The van der Waals surface area contributed by atoms with Crippen LogP contribution >= 0.6 is 0 Å². The third kappa shape index (κ3) is 10.3. The number of esters is 2. The number of fused-ring (bicyclic) bond motifs is 2. The highest BCUT2D eigenvalue weighted by atomic mass is 19.4. The van der Waals surface area contributed by atoms with Gasteiger partial charge in [-0.3, -0.25) is 4.79 Å². The van der Waals surface area contributed by atoms with Crippen molar-refractivity contribution in [2.24, 2.45) is 5.92 Å². The number of alkyl halides is 3. The molecule has 0 spiro atoms. The van der Waals surface area contributed by atoms with Crippen LogP contribution in [0.4, 0.5) is 28.3 Å². The van der Waals surface area contributed by atoms with Gasteiger partial charge in [-0.1, -0.05) is 45.9 Å². The number of aryl methyl sites for hydroxylation is 2. The summed E-state index contributed by atoms with van der Waals surface area (Å²) < 4.78 is 75.1. The minimum Gasteiger partial charge on any atom is -0.464 e. The molecule has 5 aromatic rings. The predicted octanol–water partition coefficient (Wildman–Crippen LogP) is 8.57. The third-order valence-electron chi connectivity index (χ3n) is 10.1. The molecule has 0 unspecified atom stereocenters. The molecule has 0 saturated carbocycles. The number of carbonyl (C=O) groups is 3. The topological polar surface area (TPSA) is 154 Å². The number of aromatic nitrogens is 5. The second kappa shape index (κ2) is 18.3. The quantitative estimate of drug-likeness (QED) is 0.0631. The molecule has 17 heteroatoms. The van der Waals surface area contributed by atoms with Gasteiger partial charge < -0.3 is 29.4 Å². The van der Waals surface area contributed by atoms with Crippen molar-refractivity contribution >= 4 is 34.9 Å². The van der Waals surface area contributed by atoms with E-state index in [9.17, 15) is 27.6 Å². The summed E-state index contributed by atoms with van der Waals surface area (Å²) >= 11 is 0. The minimum atomic E-state index is -4.60. The van der Waals surface area contributed by atoms with E-state index in [-0.39, 0.29) is 50.0 Å². The monoisotopic (exact) mass is 849 g/mol. The zero-order valence-electron chi connectivity index (χ0n) is 35.3. The maximum Gasteiger partial charge on any atom is 0.419 e. The first-order valence-electron chi connectivity index (χ1n) is 20.3. The lowest BCUT2D eigenvalue weighted by Gasteiger charge is -2.27. The van der Waals surface area contributed by atoms with Gasteiger partial charge in [0.2, 0.25) is 5.95 Å². The van der Waals surface area contributed by atoms with Crippen molar-refractivity contribution in [3.05, 3.63) is 88.3 Å². The predicted molar refractivity (Wildman–Crippen MR) is 219 cm³/mol. The molecule has 0 fully saturated rings. The maximum absolute atomic E-state index is 17.0. The number of para-hydroxylation sites is 1. The van der Waals surface area contributed by atoms with Gasteiger partial charge in [-0.05, 0) is 69.2 Å². The molecule has 326 valence electrons. The fraction of sp³-hybridized carbons (Fsp3) is 0.455. The van der Waals surface area contributed by atoms with E-state index in [0.717, 1.165) is 29.2 Å². The Morgan fingerprint density at radius 2 is 1.67 bits per heavy atom. The standard InChI is InChI=1S/C44H51F4N7O6/c1-8-26-11-10-12-27(9-2)38(26)55-39(31-22-54(18-16-33(31)53-55)41-50-20-29(21-51-41)44(46,47)48)36-30-15-17-49-37(30)28(19-32(36)45)24-59-35(56)14-13-34(40(57)60-23-25(3)4)52-42(58)61-43(5,6)7/h10-12,15,17,19-21,25,34,49H,8-9,13-14,16,18,22-24H2,1-7H3,(H,52,58)/t34-/m0/s1. The van der Waals surface area contributed by atoms with Gasteiger partial charge in [0.15, 0.2) is 0 Å². The molecular formula is C44H51F4N7O6. The van der Waals surface area contributed by atoms with Crippen LogP contribution < -0.4 is 10.2 Å². The van der Waals surface area contributed by atoms with Gasteiger partial charge in [0.05, 0.1) is 34.8 Å². The van der Waals surface area contributed by atoms with Crippen LogP contribution in [-0.2, 0) is 62.4 Å². The molecule has 2 aromatic carbocycles. The van der Waals surface area contributed by atoms with Crippen LogP contribution in [0.3, 0.4) is 0 Å². The number of alkyl carbamates (subject to hydrolysis) is 1. The van der Waals surface area contributed by atoms with Gasteiger partial charge in [0, 0.05) is 66.6 Å². The zero-order chi connectivity index (χ0) is 44.2. The molecule has 0 radical (unpaired) electrons. The number of anilines is 1. The number of nitrogens with zero attached hydrogens (tertiary/aromatic N) is 5.